The highest BCUT2D eigenvalue weighted by Gasteiger charge is 2.32. The molecule has 2 fully saturated rings. The van der Waals surface area contributed by atoms with Crippen molar-refractivity contribution >= 4 is 0 Å². The van der Waals surface area contributed by atoms with Crippen molar-refractivity contribution < 1.29 is 5.11 Å². The van der Waals surface area contributed by atoms with E-state index in [1.807, 2.05) is 0 Å². The Hall–Kier alpha value is -0.120. The first kappa shape index (κ1) is 12.3. The fourth-order valence-electron chi connectivity index (χ4n) is 3.39. The zero-order valence-corrected chi connectivity index (χ0v) is 10.5. The van der Waals surface area contributed by atoms with Crippen molar-refractivity contribution in [1.82, 2.24) is 10.2 Å². The molecule has 94 valence electrons. The summed E-state index contributed by atoms with van der Waals surface area (Å²) in [5, 5.41) is 13.0. The van der Waals surface area contributed by atoms with Crippen LogP contribution in [0.3, 0.4) is 0 Å². The summed E-state index contributed by atoms with van der Waals surface area (Å²) in [5.41, 5.74) is 0. The molecule has 1 aliphatic heterocycles. The van der Waals surface area contributed by atoms with Gasteiger partial charge in [0.25, 0.3) is 0 Å². The van der Waals surface area contributed by atoms with Crippen LogP contribution in [0.1, 0.15) is 45.4 Å². The highest BCUT2D eigenvalue weighted by Crippen LogP contribution is 2.27. The van der Waals surface area contributed by atoms with Crippen molar-refractivity contribution in [3.8, 4) is 0 Å². The lowest BCUT2D eigenvalue weighted by atomic mass is 9.92. The first-order chi connectivity index (χ1) is 7.83. The summed E-state index contributed by atoms with van der Waals surface area (Å²) in [6.45, 7) is 4.68. The topological polar surface area (TPSA) is 35.5 Å². The van der Waals surface area contributed by atoms with Crippen molar-refractivity contribution in [3.63, 3.8) is 0 Å². The van der Waals surface area contributed by atoms with E-state index >= 15 is 0 Å². The lowest BCUT2D eigenvalue weighted by molar-refractivity contribution is 0.0405. The van der Waals surface area contributed by atoms with Crippen LogP contribution in [0, 0.1) is 0 Å². The first-order valence-corrected chi connectivity index (χ1v) is 6.92. The van der Waals surface area contributed by atoms with E-state index in [9.17, 15) is 5.11 Å². The molecule has 0 aromatic rings. The molecule has 0 aromatic carbocycles. The molecule has 0 amide bonds. The molecule has 2 atom stereocenters. The Balaban J connectivity index is 2.04. The summed E-state index contributed by atoms with van der Waals surface area (Å²) in [5.74, 6) is 0. The van der Waals surface area contributed by atoms with Crippen molar-refractivity contribution in [2.75, 3.05) is 19.7 Å². The Morgan fingerprint density at radius 1 is 1.19 bits per heavy atom. The van der Waals surface area contributed by atoms with E-state index in [0.717, 1.165) is 19.1 Å². The van der Waals surface area contributed by atoms with Gasteiger partial charge in [0.15, 0.2) is 0 Å². The van der Waals surface area contributed by atoms with Gasteiger partial charge in [-0.1, -0.05) is 19.3 Å². The van der Waals surface area contributed by atoms with Gasteiger partial charge in [0, 0.05) is 24.7 Å². The molecular weight excluding hydrogens is 200 g/mol. The third-order valence-electron chi connectivity index (χ3n) is 4.26. The molecule has 2 N–H and O–H groups in total. The molecule has 0 spiro atoms. The van der Waals surface area contributed by atoms with Crippen LogP contribution in [-0.4, -0.2) is 47.8 Å². The fourth-order valence-corrected chi connectivity index (χ4v) is 3.39. The lowest BCUT2D eigenvalue weighted by Gasteiger charge is -2.41. The van der Waals surface area contributed by atoms with Gasteiger partial charge in [0.1, 0.15) is 0 Å². The molecule has 2 unspecified atom stereocenters. The Labute approximate surface area is 99.2 Å². The van der Waals surface area contributed by atoms with Crippen LogP contribution in [0.15, 0.2) is 0 Å². The Morgan fingerprint density at radius 2 is 1.94 bits per heavy atom. The normalized spacial score (nSPS) is 34.9. The second-order valence-corrected chi connectivity index (χ2v) is 5.42. The average molecular weight is 226 g/mol. The fraction of sp³-hybridized carbons (Fsp3) is 1.00. The molecule has 2 aliphatic rings. The van der Waals surface area contributed by atoms with E-state index in [0.29, 0.717) is 18.7 Å². The summed E-state index contributed by atoms with van der Waals surface area (Å²) in [6.07, 6.45) is 8.04. The van der Waals surface area contributed by atoms with Crippen molar-refractivity contribution in [2.45, 2.75) is 63.6 Å². The number of nitrogens with one attached hydrogen (secondary N) is 1. The van der Waals surface area contributed by atoms with E-state index < -0.39 is 0 Å². The largest absolute Gasteiger partial charge is 0.395 e. The number of rotatable bonds is 2. The Morgan fingerprint density at radius 3 is 2.62 bits per heavy atom. The average Bonchev–Trinajstić information content (AvgIpc) is 2.51. The predicted molar refractivity (Wildman–Crippen MR) is 66.5 cm³/mol. The molecule has 1 saturated carbocycles. The molecule has 0 radical (unpaired) electrons. The summed E-state index contributed by atoms with van der Waals surface area (Å²) in [6, 6.07) is 1.68. The third kappa shape index (κ3) is 2.76. The quantitative estimate of drug-likeness (QED) is 0.746. The minimum absolute atomic E-state index is 0.299. The molecule has 3 nitrogen and oxygen atoms in total. The van der Waals surface area contributed by atoms with Gasteiger partial charge in [-0.2, -0.15) is 0 Å². The van der Waals surface area contributed by atoms with Crippen LogP contribution in [0.4, 0.5) is 0 Å². The van der Waals surface area contributed by atoms with Gasteiger partial charge in [-0.25, -0.2) is 0 Å². The highest BCUT2D eigenvalue weighted by atomic mass is 16.3. The van der Waals surface area contributed by atoms with E-state index in [-0.39, 0.29) is 0 Å². The minimum atomic E-state index is 0.299. The second kappa shape index (κ2) is 5.99. The molecular formula is C13H26N2O. The zero-order valence-electron chi connectivity index (χ0n) is 10.5. The van der Waals surface area contributed by atoms with Crippen LogP contribution in [-0.2, 0) is 0 Å². The summed E-state index contributed by atoms with van der Waals surface area (Å²) < 4.78 is 0. The first-order valence-electron chi connectivity index (χ1n) is 6.92. The van der Waals surface area contributed by atoms with E-state index in [1.165, 1.54) is 38.5 Å². The standard InChI is InChI=1S/C13H26N2O/c1-11-7-8-14-9-13(10-16)15(11)12-5-3-2-4-6-12/h11-14,16H,2-10H2,1H3. The molecule has 1 heterocycles. The van der Waals surface area contributed by atoms with Gasteiger partial charge in [0.2, 0.25) is 0 Å². The van der Waals surface area contributed by atoms with Crippen LogP contribution >= 0.6 is 0 Å². The summed E-state index contributed by atoms with van der Waals surface area (Å²) in [7, 11) is 0. The molecule has 16 heavy (non-hydrogen) atoms. The van der Waals surface area contributed by atoms with Crippen LogP contribution in [0.2, 0.25) is 0 Å². The van der Waals surface area contributed by atoms with Crippen molar-refractivity contribution in [3.05, 3.63) is 0 Å². The number of aliphatic hydroxyl groups excluding tert-OH is 1. The number of nitrogens with zero attached hydrogens (tertiary/aromatic N) is 1. The molecule has 1 saturated heterocycles. The van der Waals surface area contributed by atoms with Gasteiger partial charge < -0.3 is 10.4 Å². The third-order valence-corrected chi connectivity index (χ3v) is 4.26. The number of aliphatic hydroxyl groups is 1. The van der Waals surface area contributed by atoms with Gasteiger partial charge in [-0.15, -0.1) is 0 Å². The smallest absolute Gasteiger partial charge is 0.0599 e. The van der Waals surface area contributed by atoms with Crippen LogP contribution < -0.4 is 5.32 Å². The van der Waals surface area contributed by atoms with Crippen LogP contribution in [0.25, 0.3) is 0 Å². The Bertz CT molecular complexity index is 204. The van der Waals surface area contributed by atoms with Gasteiger partial charge in [-0.05, 0) is 32.7 Å². The molecule has 0 bridgehead atoms. The summed E-state index contributed by atoms with van der Waals surface area (Å²) in [4.78, 5) is 2.61. The van der Waals surface area contributed by atoms with Gasteiger partial charge >= 0.3 is 0 Å². The second-order valence-electron chi connectivity index (χ2n) is 5.42. The predicted octanol–water partition coefficient (Wildman–Crippen LogP) is 1.36. The van der Waals surface area contributed by atoms with E-state index in [4.69, 9.17) is 0 Å². The zero-order chi connectivity index (χ0) is 11.4. The molecule has 0 aromatic heterocycles. The maximum absolute atomic E-state index is 9.55. The number of hydrogen-bond acceptors (Lipinski definition) is 3. The molecule has 2 rings (SSSR count). The van der Waals surface area contributed by atoms with Crippen LogP contribution in [0.5, 0.6) is 0 Å². The Kier molecular flexibility index (Phi) is 4.62. The monoisotopic (exact) mass is 226 g/mol. The van der Waals surface area contributed by atoms with Crippen molar-refractivity contribution in [1.29, 1.82) is 0 Å². The summed E-state index contributed by atoms with van der Waals surface area (Å²) >= 11 is 0. The molecule has 3 heteroatoms. The van der Waals surface area contributed by atoms with Gasteiger partial charge in [0.05, 0.1) is 6.61 Å². The lowest BCUT2D eigenvalue weighted by Crippen LogP contribution is -2.52. The highest BCUT2D eigenvalue weighted by molar-refractivity contribution is 4.88. The SMILES string of the molecule is CC1CCNCC(CO)N1C1CCCCC1. The van der Waals surface area contributed by atoms with E-state index in [2.05, 4.69) is 17.1 Å². The molecule has 1 aliphatic carbocycles. The van der Waals surface area contributed by atoms with Gasteiger partial charge in [-0.3, -0.25) is 4.90 Å². The maximum Gasteiger partial charge on any atom is 0.0599 e. The number of hydrogen-bond donors (Lipinski definition) is 2. The van der Waals surface area contributed by atoms with E-state index in [1.54, 1.807) is 0 Å². The minimum Gasteiger partial charge on any atom is -0.395 e. The van der Waals surface area contributed by atoms with Crippen molar-refractivity contribution in [2.24, 2.45) is 0 Å². The maximum atomic E-state index is 9.55.